The van der Waals surface area contributed by atoms with Gasteiger partial charge < -0.3 is 18.2 Å². The molecular weight excluding hydrogens is 828 g/mol. The largest absolute Gasteiger partial charge is 0.456 e. The molecule has 0 saturated carbocycles. The van der Waals surface area contributed by atoms with Crippen LogP contribution in [0, 0.1) is 0 Å². The number of benzene rings is 9. The Hall–Kier alpha value is -8.02. The third-order valence-electron chi connectivity index (χ3n) is 15.7. The number of nitrogens with zero attached hydrogens (tertiary/aromatic N) is 2. The van der Waals surface area contributed by atoms with E-state index in [1.165, 1.54) is 77.4 Å². The lowest BCUT2D eigenvalue weighted by molar-refractivity contribution is 0.590. The van der Waals surface area contributed by atoms with E-state index in [9.17, 15) is 0 Å². The number of aromatic nitrogens is 1. The zero-order valence-electron chi connectivity index (χ0n) is 38.6. The number of para-hydroxylation sites is 1. The zero-order valence-corrected chi connectivity index (χ0v) is 38.6. The van der Waals surface area contributed by atoms with Gasteiger partial charge in [0.25, 0.3) is 0 Å². The van der Waals surface area contributed by atoms with E-state index in [1.54, 1.807) is 0 Å². The molecule has 0 N–H and O–H groups in total. The van der Waals surface area contributed by atoms with Crippen LogP contribution >= 0.6 is 0 Å². The van der Waals surface area contributed by atoms with Crippen LogP contribution in [0.1, 0.15) is 51.3 Å². The highest BCUT2D eigenvalue weighted by Crippen LogP contribution is 2.53. The molecule has 9 aromatic carbocycles. The van der Waals surface area contributed by atoms with Crippen molar-refractivity contribution < 1.29 is 8.83 Å². The predicted molar refractivity (Wildman–Crippen MR) is 284 cm³/mol. The number of anilines is 2. The summed E-state index contributed by atoms with van der Waals surface area (Å²) in [6.07, 6.45) is 0. The van der Waals surface area contributed by atoms with Crippen molar-refractivity contribution in [3.05, 3.63) is 199 Å². The third kappa shape index (κ3) is 4.95. The highest BCUT2D eigenvalue weighted by atomic mass is 16.3. The van der Waals surface area contributed by atoms with Gasteiger partial charge in [-0.2, -0.15) is 0 Å². The molecule has 15 rings (SSSR count). The Balaban J connectivity index is 1.12. The number of hydrogen-bond acceptors (Lipinski definition) is 3. The first-order valence-corrected chi connectivity index (χ1v) is 23.9. The molecule has 0 fully saturated rings. The second-order valence-corrected chi connectivity index (χ2v) is 20.8. The number of furan rings is 2. The Kier molecular flexibility index (Phi) is 7.35. The third-order valence-corrected chi connectivity index (χ3v) is 15.7. The van der Waals surface area contributed by atoms with Crippen molar-refractivity contribution in [1.29, 1.82) is 0 Å². The van der Waals surface area contributed by atoms with Gasteiger partial charge in [0.2, 0.25) is 0 Å². The molecule has 0 atom stereocenters. The van der Waals surface area contributed by atoms with Crippen LogP contribution < -0.4 is 15.7 Å². The highest BCUT2D eigenvalue weighted by Gasteiger charge is 2.46. The minimum Gasteiger partial charge on any atom is -0.456 e. The molecule has 0 unspecified atom stereocenters. The summed E-state index contributed by atoms with van der Waals surface area (Å²) in [5.74, 6) is 1.75. The van der Waals surface area contributed by atoms with Gasteiger partial charge in [0.1, 0.15) is 22.7 Å². The van der Waals surface area contributed by atoms with Gasteiger partial charge in [-0.3, -0.25) is 0 Å². The zero-order chi connectivity index (χ0) is 45.4. The molecule has 0 amide bonds. The first-order valence-electron chi connectivity index (χ1n) is 23.9. The van der Waals surface area contributed by atoms with Gasteiger partial charge in [-0.05, 0) is 92.2 Å². The highest BCUT2D eigenvalue weighted by molar-refractivity contribution is 6.94. The standard InChI is InChI=1S/C63H45BN2O2/c1-62(2,3)38-24-26-39(27-25-38)66-54-35-57-47(41-21-13-15-23-56(41)67-57)30-45(54)42-28-29-43-46-31-51-44(40-20-12-14-22-50(40)63(51,4)5)33-53(46)65-55-34-49-48(32-52(55)64(66)58(42)59(43)65)60(36-16-8-6-9-17-36)68-61(49)37-18-10-7-11-19-37/h6-35H,1-5H3. The molecule has 68 heavy (non-hydrogen) atoms. The number of hydrogen-bond donors (Lipinski definition) is 0. The average Bonchev–Trinajstić information content (AvgIpc) is 4.08. The fraction of sp³-hybridized carbons (Fsp3) is 0.111. The van der Waals surface area contributed by atoms with Gasteiger partial charge in [-0.15, -0.1) is 0 Å². The topological polar surface area (TPSA) is 34.5 Å². The molecule has 5 heteroatoms. The van der Waals surface area contributed by atoms with E-state index < -0.39 is 0 Å². The molecule has 0 saturated heterocycles. The average molecular weight is 873 g/mol. The molecule has 1 aliphatic carbocycles. The fourth-order valence-electron chi connectivity index (χ4n) is 12.4. The molecule has 0 spiro atoms. The minimum atomic E-state index is -0.192. The summed E-state index contributed by atoms with van der Waals surface area (Å²) < 4.78 is 16.5. The minimum absolute atomic E-state index is 0.00245. The molecule has 4 nitrogen and oxygen atoms in total. The lowest BCUT2D eigenvalue weighted by Gasteiger charge is -2.42. The maximum absolute atomic E-state index is 7.16. The van der Waals surface area contributed by atoms with Crippen LogP contribution in [0.15, 0.2) is 191 Å². The summed E-state index contributed by atoms with van der Waals surface area (Å²) in [7, 11) is 0. The van der Waals surface area contributed by atoms with Gasteiger partial charge in [-0.25, -0.2) is 0 Å². The van der Waals surface area contributed by atoms with Gasteiger partial charge >= 0.3 is 6.85 Å². The van der Waals surface area contributed by atoms with Gasteiger partial charge in [0.15, 0.2) is 0 Å². The van der Waals surface area contributed by atoms with E-state index in [0.717, 1.165) is 66.7 Å². The van der Waals surface area contributed by atoms with Crippen LogP contribution in [0.25, 0.3) is 105 Å². The van der Waals surface area contributed by atoms with Gasteiger partial charge in [-0.1, -0.05) is 168 Å². The summed E-state index contributed by atoms with van der Waals surface area (Å²) in [6, 6.07) is 67.5. The summed E-state index contributed by atoms with van der Waals surface area (Å²) in [5, 5.41) is 7.00. The van der Waals surface area contributed by atoms with E-state index in [1.807, 2.05) is 0 Å². The number of fused-ring (bicyclic) bond motifs is 15. The summed E-state index contributed by atoms with van der Waals surface area (Å²) in [6.45, 7) is 11.5. The Bertz CT molecular complexity index is 4150. The van der Waals surface area contributed by atoms with E-state index in [4.69, 9.17) is 8.83 Å². The molecule has 322 valence electrons. The fourth-order valence-corrected chi connectivity index (χ4v) is 12.4. The van der Waals surface area contributed by atoms with Crippen LogP contribution in [0.5, 0.6) is 0 Å². The molecule has 3 aromatic heterocycles. The summed E-state index contributed by atoms with van der Waals surface area (Å²) >= 11 is 0. The lowest BCUT2D eigenvalue weighted by Crippen LogP contribution is -2.60. The first kappa shape index (κ1) is 38.1. The summed E-state index contributed by atoms with van der Waals surface area (Å²) in [5.41, 5.74) is 21.4. The van der Waals surface area contributed by atoms with Crippen molar-refractivity contribution in [2.75, 3.05) is 4.81 Å². The molecule has 5 heterocycles. The Morgan fingerprint density at radius 3 is 1.91 bits per heavy atom. The molecule has 2 aliphatic heterocycles. The van der Waals surface area contributed by atoms with E-state index >= 15 is 0 Å². The maximum atomic E-state index is 7.16. The monoisotopic (exact) mass is 872 g/mol. The van der Waals surface area contributed by atoms with Crippen LogP contribution in [0.2, 0.25) is 0 Å². The normalized spacial score (nSPS) is 14.3. The van der Waals surface area contributed by atoms with Crippen molar-refractivity contribution in [3.63, 3.8) is 0 Å². The van der Waals surface area contributed by atoms with Crippen molar-refractivity contribution in [2.24, 2.45) is 0 Å². The quantitative estimate of drug-likeness (QED) is 0.166. The maximum Gasteiger partial charge on any atom is 0.333 e. The Labute approximate surface area is 394 Å². The summed E-state index contributed by atoms with van der Waals surface area (Å²) in [4.78, 5) is 2.61. The predicted octanol–water partition coefficient (Wildman–Crippen LogP) is 15.6. The smallest absolute Gasteiger partial charge is 0.333 e. The number of rotatable bonds is 3. The Morgan fingerprint density at radius 2 is 1.16 bits per heavy atom. The molecule has 3 aliphatic rings. The van der Waals surface area contributed by atoms with Crippen LogP contribution in [0.3, 0.4) is 0 Å². The van der Waals surface area contributed by atoms with E-state index in [2.05, 4.69) is 226 Å². The first-order chi connectivity index (χ1) is 33.1. The molecule has 0 radical (unpaired) electrons. The van der Waals surface area contributed by atoms with Gasteiger partial charge in [0, 0.05) is 77.6 Å². The molecule has 0 bridgehead atoms. The van der Waals surface area contributed by atoms with Crippen LogP contribution in [-0.4, -0.2) is 11.4 Å². The second kappa shape index (κ2) is 13.1. The van der Waals surface area contributed by atoms with E-state index in [-0.39, 0.29) is 17.7 Å². The van der Waals surface area contributed by atoms with Crippen molar-refractivity contribution in [3.8, 4) is 50.6 Å². The van der Waals surface area contributed by atoms with Crippen LogP contribution in [0.4, 0.5) is 11.4 Å². The second-order valence-electron chi connectivity index (χ2n) is 20.8. The van der Waals surface area contributed by atoms with E-state index in [0.29, 0.717) is 0 Å². The van der Waals surface area contributed by atoms with Gasteiger partial charge in [0.05, 0.1) is 11.0 Å². The molecular formula is C63H45BN2O2. The lowest BCUT2D eigenvalue weighted by atomic mass is 9.44. The van der Waals surface area contributed by atoms with Crippen molar-refractivity contribution in [1.82, 2.24) is 4.57 Å². The van der Waals surface area contributed by atoms with Crippen LogP contribution in [-0.2, 0) is 10.8 Å². The van der Waals surface area contributed by atoms with Crippen molar-refractivity contribution >= 4 is 83.7 Å². The SMILES string of the molecule is CC(C)(C)c1ccc(N2B3c4cc5c(-c6ccccc6)oc(-c6ccccc6)c5cc4-n4c5cc6c(cc5c5ccc(c3c54)-c3cc4c(cc32)oc2ccccc24)C(C)(C)c2ccccc2-6)cc1. The Morgan fingerprint density at radius 1 is 0.471 bits per heavy atom. The van der Waals surface area contributed by atoms with Crippen molar-refractivity contribution in [2.45, 2.75) is 45.4 Å². The molecule has 12 aromatic rings.